The first-order chi connectivity index (χ1) is 8.34. The molecule has 0 aliphatic heterocycles. The second kappa shape index (κ2) is 4.15. The molecule has 0 saturated heterocycles. The summed E-state index contributed by atoms with van der Waals surface area (Å²) in [6.45, 7) is 0. The van der Waals surface area contributed by atoms with Gasteiger partial charge in [0, 0.05) is 17.1 Å². The van der Waals surface area contributed by atoms with E-state index >= 15 is 0 Å². The number of aromatic nitrogens is 1. The summed E-state index contributed by atoms with van der Waals surface area (Å²) in [5, 5.41) is 5.21. The van der Waals surface area contributed by atoms with Crippen molar-refractivity contribution in [2.75, 3.05) is 5.32 Å². The van der Waals surface area contributed by atoms with Gasteiger partial charge in [0.1, 0.15) is 0 Å². The topological polar surface area (TPSA) is 27.8 Å². The van der Waals surface area contributed by atoms with Gasteiger partial charge in [-0.05, 0) is 18.2 Å². The molecule has 0 atom stereocenters. The number of anilines is 2. The highest BCUT2D eigenvalue weighted by molar-refractivity contribution is 6.33. The molecule has 2 N–H and O–H groups in total. The Morgan fingerprint density at radius 1 is 0.882 bits per heavy atom. The molecule has 3 heteroatoms. The minimum atomic E-state index is 0.720. The molecule has 1 aromatic heterocycles. The molecule has 2 nitrogen and oxygen atoms in total. The van der Waals surface area contributed by atoms with E-state index in [4.69, 9.17) is 11.6 Å². The molecule has 0 amide bonds. The lowest BCUT2D eigenvalue weighted by Crippen LogP contribution is -1.89. The Balaban J connectivity index is 2.03. The average molecular weight is 243 g/mol. The third-order valence-electron chi connectivity index (χ3n) is 2.73. The van der Waals surface area contributed by atoms with Gasteiger partial charge in [0.25, 0.3) is 0 Å². The number of fused-ring (bicyclic) bond motifs is 1. The van der Waals surface area contributed by atoms with Gasteiger partial charge in [0.2, 0.25) is 0 Å². The quantitative estimate of drug-likeness (QED) is 0.677. The Morgan fingerprint density at radius 3 is 2.53 bits per heavy atom. The minimum absolute atomic E-state index is 0.720. The number of rotatable bonds is 2. The van der Waals surface area contributed by atoms with Gasteiger partial charge in [-0.3, -0.25) is 0 Å². The molecule has 1 heterocycles. The molecular weight excluding hydrogens is 232 g/mol. The standard InChI is InChI=1S/C14H11ClN2/c15-11-6-2-4-8-13(11)17-14-9-16-12-7-3-1-5-10(12)14/h1-9,16-17H. The third-order valence-corrected chi connectivity index (χ3v) is 3.06. The van der Waals surface area contributed by atoms with Crippen LogP contribution in [-0.2, 0) is 0 Å². The second-order valence-corrected chi connectivity index (χ2v) is 4.26. The van der Waals surface area contributed by atoms with Crippen LogP contribution in [0, 0.1) is 0 Å². The van der Waals surface area contributed by atoms with Crippen molar-refractivity contribution < 1.29 is 0 Å². The van der Waals surface area contributed by atoms with Gasteiger partial charge in [-0.1, -0.05) is 41.9 Å². The summed E-state index contributed by atoms with van der Waals surface area (Å²) < 4.78 is 0. The zero-order chi connectivity index (χ0) is 11.7. The lowest BCUT2D eigenvalue weighted by Gasteiger charge is -2.06. The fourth-order valence-corrected chi connectivity index (χ4v) is 2.07. The summed E-state index contributed by atoms with van der Waals surface area (Å²) in [5.41, 5.74) is 3.06. The molecule has 0 aliphatic carbocycles. The average Bonchev–Trinajstić information content (AvgIpc) is 2.76. The van der Waals surface area contributed by atoms with Crippen molar-refractivity contribution in [1.29, 1.82) is 0 Å². The first kappa shape index (κ1) is 10.2. The summed E-state index contributed by atoms with van der Waals surface area (Å²) in [5.74, 6) is 0. The van der Waals surface area contributed by atoms with Gasteiger partial charge in [-0.25, -0.2) is 0 Å². The molecule has 3 aromatic rings. The highest BCUT2D eigenvalue weighted by atomic mass is 35.5. The van der Waals surface area contributed by atoms with Crippen LogP contribution in [0.4, 0.5) is 11.4 Å². The van der Waals surface area contributed by atoms with Crippen LogP contribution >= 0.6 is 11.6 Å². The largest absolute Gasteiger partial charge is 0.359 e. The van der Waals surface area contributed by atoms with Crippen molar-refractivity contribution >= 4 is 33.9 Å². The second-order valence-electron chi connectivity index (χ2n) is 3.85. The number of hydrogen-bond donors (Lipinski definition) is 2. The van der Waals surface area contributed by atoms with Crippen LogP contribution in [0.25, 0.3) is 10.9 Å². The Bertz CT molecular complexity index is 658. The van der Waals surface area contributed by atoms with Crippen molar-refractivity contribution in [3.05, 3.63) is 59.8 Å². The molecule has 0 spiro atoms. The Hall–Kier alpha value is -1.93. The van der Waals surface area contributed by atoms with Crippen molar-refractivity contribution in [2.24, 2.45) is 0 Å². The summed E-state index contributed by atoms with van der Waals surface area (Å²) >= 11 is 6.12. The van der Waals surface area contributed by atoms with Crippen LogP contribution in [0.2, 0.25) is 5.02 Å². The molecule has 2 aromatic carbocycles. The zero-order valence-electron chi connectivity index (χ0n) is 9.07. The summed E-state index contributed by atoms with van der Waals surface area (Å²) in [7, 11) is 0. The maximum absolute atomic E-state index is 6.12. The Labute approximate surface area is 104 Å². The molecule has 0 unspecified atom stereocenters. The number of hydrogen-bond acceptors (Lipinski definition) is 1. The molecule has 0 radical (unpaired) electrons. The minimum Gasteiger partial charge on any atom is -0.359 e. The van der Waals surface area contributed by atoms with E-state index in [0.717, 1.165) is 27.3 Å². The van der Waals surface area contributed by atoms with Crippen LogP contribution in [-0.4, -0.2) is 4.98 Å². The van der Waals surface area contributed by atoms with Gasteiger partial charge in [0.15, 0.2) is 0 Å². The Kier molecular flexibility index (Phi) is 2.50. The van der Waals surface area contributed by atoms with E-state index in [-0.39, 0.29) is 0 Å². The van der Waals surface area contributed by atoms with E-state index in [1.165, 1.54) is 0 Å². The monoisotopic (exact) mass is 242 g/mol. The lowest BCUT2D eigenvalue weighted by molar-refractivity contribution is 1.46. The van der Waals surface area contributed by atoms with Crippen LogP contribution in [0.3, 0.4) is 0 Å². The van der Waals surface area contributed by atoms with Gasteiger partial charge >= 0.3 is 0 Å². The fourth-order valence-electron chi connectivity index (χ4n) is 1.88. The van der Waals surface area contributed by atoms with Crippen molar-refractivity contribution in [2.45, 2.75) is 0 Å². The van der Waals surface area contributed by atoms with Gasteiger partial charge in [-0.2, -0.15) is 0 Å². The smallest absolute Gasteiger partial charge is 0.0642 e. The van der Waals surface area contributed by atoms with E-state index in [1.807, 2.05) is 48.7 Å². The fraction of sp³-hybridized carbons (Fsp3) is 0. The number of halogens is 1. The SMILES string of the molecule is Clc1ccccc1Nc1c[nH]c2ccccc12. The Morgan fingerprint density at radius 2 is 1.65 bits per heavy atom. The highest BCUT2D eigenvalue weighted by Crippen LogP contribution is 2.29. The third kappa shape index (κ3) is 1.87. The number of H-pyrrole nitrogens is 1. The van der Waals surface area contributed by atoms with E-state index < -0.39 is 0 Å². The van der Waals surface area contributed by atoms with Crippen molar-refractivity contribution in [3.63, 3.8) is 0 Å². The van der Waals surface area contributed by atoms with E-state index in [2.05, 4.69) is 16.4 Å². The van der Waals surface area contributed by atoms with Gasteiger partial charge in [-0.15, -0.1) is 0 Å². The van der Waals surface area contributed by atoms with Crippen LogP contribution in [0.5, 0.6) is 0 Å². The first-order valence-corrected chi connectivity index (χ1v) is 5.80. The van der Waals surface area contributed by atoms with E-state index in [9.17, 15) is 0 Å². The number of para-hydroxylation sites is 2. The number of aromatic amines is 1. The maximum atomic E-state index is 6.12. The zero-order valence-corrected chi connectivity index (χ0v) is 9.83. The molecule has 17 heavy (non-hydrogen) atoms. The maximum Gasteiger partial charge on any atom is 0.0642 e. The van der Waals surface area contributed by atoms with E-state index in [0.29, 0.717) is 0 Å². The number of nitrogens with one attached hydrogen (secondary N) is 2. The van der Waals surface area contributed by atoms with Crippen LogP contribution < -0.4 is 5.32 Å². The number of benzene rings is 2. The molecule has 0 aliphatic rings. The summed E-state index contributed by atoms with van der Waals surface area (Å²) in [4.78, 5) is 3.22. The first-order valence-electron chi connectivity index (χ1n) is 5.42. The van der Waals surface area contributed by atoms with Gasteiger partial charge < -0.3 is 10.3 Å². The molecule has 0 bridgehead atoms. The predicted molar refractivity (Wildman–Crippen MR) is 73.0 cm³/mol. The van der Waals surface area contributed by atoms with Crippen molar-refractivity contribution in [3.8, 4) is 0 Å². The lowest BCUT2D eigenvalue weighted by atomic mass is 10.2. The van der Waals surface area contributed by atoms with Crippen LogP contribution in [0.1, 0.15) is 0 Å². The predicted octanol–water partition coefficient (Wildman–Crippen LogP) is 4.56. The summed E-state index contributed by atoms with van der Waals surface area (Å²) in [6, 6.07) is 15.9. The summed E-state index contributed by atoms with van der Waals surface area (Å²) in [6.07, 6.45) is 1.95. The molecular formula is C14H11ClN2. The van der Waals surface area contributed by atoms with Gasteiger partial charge in [0.05, 0.1) is 16.4 Å². The molecule has 0 saturated carbocycles. The molecule has 3 rings (SSSR count). The molecule has 84 valence electrons. The highest BCUT2D eigenvalue weighted by Gasteiger charge is 2.04. The normalized spacial score (nSPS) is 10.6. The molecule has 0 fully saturated rings. The van der Waals surface area contributed by atoms with E-state index in [1.54, 1.807) is 0 Å². The van der Waals surface area contributed by atoms with Crippen LogP contribution in [0.15, 0.2) is 54.7 Å². The van der Waals surface area contributed by atoms with Crippen molar-refractivity contribution in [1.82, 2.24) is 4.98 Å².